The van der Waals surface area contributed by atoms with E-state index in [1.54, 1.807) is 31.4 Å². The Balaban J connectivity index is 1.72. The van der Waals surface area contributed by atoms with Gasteiger partial charge in [-0.1, -0.05) is 31.0 Å². The lowest BCUT2D eigenvalue weighted by molar-refractivity contribution is 0.0971. The van der Waals surface area contributed by atoms with Crippen LogP contribution < -0.4 is 19.8 Å². The molecule has 0 bridgehead atoms. The van der Waals surface area contributed by atoms with E-state index in [2.05, 4.69) is 11.9 Å². The smallest absolute Gasteiger partial charge is 0.297 e. The van der Waals surface area contributed by atoms with E-state index < -0.39 is 11.9 Å². The standard InChI is InChI=1S/C27H25ClN2O5S/c1-5-6-11-34-20-9-7-16(12-21(20)33-4)23-22-24(31)18-13-17(28)8-10-19(18)35-25(22)26(32)30(23)27-29-14(2)15(3)36-27/h7-10,12-13,23H,5-6,11H2,1-4H3. The number of hydrogen-bond acceptors (Lipinski definition) is 7. The maximum absolute atomic E-state index is 13.8. The van der Waals surface area contributed by atoms with Gasteiger partial charge in [-0.25, -0.2) is 4.98 Å². The van der Waals surface area contributed by atoms with Gasteiger partial charge in [-0.05, 0) is 56.2 Å². The first kappa shape index (κ1) is 24.3. The van der Waals surface area contributed by atoms with Crippen LogP contribution in [0.4, 0.5) is 5.13 Å². The molecule has 0 N–H and O–H groups in total. The number of ether oxygens (including phenoxy) is 2. The average Bonchev–Trinajstić information content (AvgIpc) is 3.35. The molecule has 1 aliphatic rings. The zero-order valence-electron chi connectivity index (χ0n) is 20.4. The van der Waals surface area contributed by atoms with Crippen LogP contribution >= 0.6 is 22.9 Å². The highest BCUT2D eigenvalue weighted by atomic mass is 35.5. The van der Waals surface area contributed by atoms with Gasteiger partial charge in [-0.15, -0.1) is 11.3 Å². The van der Waals surface area contributed by atoms with Gasteiger partial charge in [0.05, 0.1) is 36.4 Å². The number of amides is 1. The minimum atomic E-state index is -0.754. The SMILES string of the molecule is CCCCOc1ccc(C2c3c(oc4ccc(Cl)cc4c3=O)C(=O)N2c2nc(C)c(C)s2)cc1OC. The third-order valence-electron chi connectivity index (χ3n) is 6.31. The highest BCUT2D eigenvalue weighted by Crippen LogP contribution is 2.44. The fourth-order valence-electron chi connectivity index (χ4n) is 4.32. The molecule has 0 aliphatic carbocycles. The Kier molecular flexibility index (Phi) is 6.49. The molecule has 0 fully saturated rings. The molecule has 36 heavy (non-hydrogen) atoms. The van der Waals surface area contributed by atoms with E-state index in [1.807, 2.05) is 26.0 Å². The quantitative estimate of drug-likeness (QED) is 0.258. The number of hydrogen-bond donors (Lipinski definition) is 0. The third kappa shape index (κ3) is 4.04. The summed E-state index contributed by atoms with van der Waals surface area (Å²) in [6, 6.07) is 9.50. The largest absolute Gasteiger partial charge is 0.493 e. The highest BCUT2D eigenvalue weighted by Gasteiger charge is 2.45. The molecule has 3 heterocycles. The van der Waals surface area contributed by atoms with Gasteiger partial charge in [-0.3, -0.25) is 14.5 Å². The van der Waals surface area contributed by atoms with Crippen LogP contribution in [-0.4, -0.2) is 24.6 Å². The summed E-state index contributed by atoms with van der Waals surface area (Å²) in [4.78, 5) is 34.7. The van der Waals surface area contributed by atoms with E-state index in [-0.39, 0.29) is 16.8 Å². The Morgan fingerprint density at radius 2 is 1.94 bits per heavy atom. The molecule has 1 unspecified atom stereocenters. The summed E-state index contributed by atoms with van der Waals surface area (Å²) in [5.41, 5.74) is 1.76. The Hall–Kier alpha value is -3.36. The van der Waals surface area contributed by atoms with Crippen molar-refractivity contribution in [2.75, 3.05) is 18.6 Å². The second-order valence-corrected chi connectivity index (χ2v) is 10.3. The van der Waals surface area contributed by atoms with Gasteiger partial charge in [0, 0.05) is 9.90 Å². The predicted molar refractivity (Wildman–Crippen MR) is 141 cm³/mol. The summed E-state index contributed by atoms with van der Waals surface area (Å²) in [7, 11) is 1.56. The Labute approximate surface area is 217 Å². The topological polar surface area (TPSA) is 81.9 Å². The highest BCUT2D eigenvalue weighted by molar-refractivity contribution is 7.15. The maximum Gasteiger partial charge on any atom is 0.297 e. The number of nitrogens with zero attached hydrogens (tertiary/aromatic N) is 2. The zero-order valence-corrected chi connectivity index (χ0v) is 22.0. The van der Waals surface area contributed by atoms with E-state index in [9.17, 15) is 9.59 Å². The summed E-state index contributed by atoms with van der Waals surface area (Å²) >= 11 is 7.58. The minimum Gasteiger partial charge on any atom is -0.493 e. The Bertz CT molecular complexity index is 1520. The lowest BCUT2D eigenvalue weighted by Gasteiger charge is -2.23. The number of carbonyl (C=O) groups excluding carboxylic acids is 1. The van der Waals surface area contributed by atoms with E-state index in [0.717, 1.165) is 23.4 Å². The number of aryl methyl sites for hydroxylation is 2. The molecule has 0 radical (unpaired) electrons. The molecule has 5 rings (SSSR count). The van der Waals surface area contributed by atoms with Gasteiger partial charge >= 0.3 is 0 Å². The summed E-state index contributed by atoms with van der Waals surface area (Å²) in [5.74, 6) is 0.709. The van der Waals surface area contributed by atoms with Crippen LogP contribution in [0.1, 0.15) is 58.1 Å². The zero-order chi connectivity index (χ0) is 25.6. The molecule has 2 aromatic carbocycles. The van der Waals surface area contributed by atoms with Crippen LogP contribution in [-0.2, 0) is 0 Å². The van der Waals surface area contributed by atoms with Gasteiger partial charge < -0.3 is 13.9 Å². The number of rotatable bonds is 7. The van der Waals surface area contributed by atoms with Gasteiger partial charge in [0.25, 0.3) is 5.91 Å². The first-order valence-corrected chi connectivity index (χ1v) is 12.9. The first-order chi connectivity index (χ1) is 17.3. The second kappa shape index (κ2) is 9.59. The third-order valence-corrected chi connectivity index (χ3v) is 7.62. The van der Waals surface area contributed by atoms with Gasteiger partial charge in [0.15, 0.2) is 22.1 Å². The van der Waals surface area contributed by atoms with Crippen LogP contribution in [0.3, 0.4) is 0 Å². The molecule has 186 valence electrons. The number of fused-ring (bicyclic) bond motifs is 2. The fourth-order valence-corrected chi connectivity index (χ4v) is 5.43. The molecule has 1 aliphatic heterocycles. The number of aromatic nitrogens is 1. The van der Waals surface area contributed by atoms with E-state index in [0.29, 0.717) is 44.8 Å². The Morgan fingerprint density at radius 3 is 2.64 bits per heavy atom. The summed E-state index contributed by atoms with van der Waals surface area (Å²) < 4.78 is 17.5. The van der Waals surface area contributed by atoms with Crippen LogP contribution in [0.25, 0.3) is 11.0 Å². The number of methoxy groups -OCH3 is 1. The molecule has 9 heteroatoms. The monoisotopic (exact) mass is 524 g/mol. The van der Waals surface area contributed by atoms with Crippen molar-refractivity contribution in [2.45, 2.75) is 39.7 Å². The lowest BCUT2D eigenvalue weighted by Crippen LogP contribution is -2.29. The molecule has 7 nitrogen and oxygen atoms in total. The van der Waals surface area contributed by atoms with Crippen molar-refractivity contribution in [1.29, 1.82) is 0 Å². The summed E-state index contributed by atoms with van der Waals surface area (Å²) in [5, 5.41) is 1.22. The van der Waals surface area contributed by atoms with Gasteiger partial charge in [0.1, 0.15) is 5.58 Å². The molecule has 4 aromatic rings. The maximum atomic E-state index is 13.8. The number of benzene rings is 2. The molecule has 0 saturated carbocycles. The molecule has 0 saturated heterocycles. The van der Waals surface area contributed by atoms with Crippen molar-refractivity contribution in [3.63, 3.8) is 0 Å². The van der Waals surface area contributed by atoms with E-state index in [4.69, 9.17) is 25.5 Å². The predicted octanol–water partition coefficient (Wildman–Crippen LogP) is 6.46. The number of carbonyl (C=O) groups is 1. The van der Waals surface area contributed by atoms with E-state index in [1.165, 1.54) is 16.2 Å². The van der Waals surface area contributed by atoms with Crippen LogP contribution in [0.15, 0.2) is 45.6 Å². The summed E-state index contributed by atoms with van der Waals surface area (Å²) in [6.07, 6.45) is 1.93. The molecule has 1 amide bonds. The van der Waals surface area contributed by atoms with Crippen molar-refractivity contribution >= 4 is 44.9 Å². The number of thiazole rings is 1. The van der Waals surface area contributed by atoms with Crippen LogP contribution in [0.2, 0.25) is 5.02 Å². The van der Waals surface area contributed by atoms with Gasteiger partial charge in [-0.2, -0.15) is 0 Å². The molecular formula is C27H25ClN2O5S. The Morgan fingerprint density at radius 1 is 1.14 bits per heavy atom. The number of halogens is 1. The van der Waals surface area contributed by atoms with Crippen molar-refractivity contribution in [1.82, 2.24) is 4.98 Å². The van der Waals surface area contributed by atoms with Crippen molar-refractivity contribution < 1.29 is 18.7 Å². The average molecular weight is 525 g/mol. The van der Waals surface area contributed by atoms with Crippen molar-refractivity contribution in [3.05, 3.63) is 79.1 Å². The summed E-state index contributed by atoms with van der Waals surface area (Å²) in [6.45, 7) is 6.50. The second-order valence-electron chi connectivity index (χ2n) is 8.64. The van der Waals surface area contributed by atoms with Gasteiger partial charge in [0.2, 0.25) is 5.76 Å². The minimum absolute atomic E-state index is 0.00701. The van der Waals surface area contributed by atoms with Crippen LogP contribution in [0, 0.1) is 13.8 Å². The van der Waals surface area contributed by atoms with Crippen molar-refractivity contribution in [3.8, 4) is 11.5 Å². The van der Waals surface area contributed by atoms with E-state index >= 15 is 0 Å². The number of unbranched alkanes of at least 4 members (excludes halogenated alkanes) is 1. The van der Waals surface area contributed by atoms with Crippen molar-refractivity contribution in [2.24, 2.45) is 0 Å². The molecular weight excluding hydrogens is 500 g/mol. The first-order valence-electron chi connectivity index (χ1n) is 11.7. The normalized spacial score (nSPS) is 15.0. The molecule has 2 aromatic heterocycles. The molecule has 0 spiro atoms. The number of anilines is 1. The fraction of sp³-hybridized carbons (Fsp3) is 0.296. The molecule has 1 atom stereocenters. The van der Waals surface area contributed by atoms with Crippen LogP contribution in [0.5, 0.6) is 11.5 Å². The lowest BCUT2D eigenvalue weighted by atomic mass is 9.98.